The molecule has 6 rings (SSSR count). The molecule has 0 saturated carbocycles. The van der Waals surface area contributed by atoms with Gasteiger partial charge < -0.3 is 20.9 Å². The number of piperazine rings is 1. The van der Waals surface area contributed by atoms with Gasteiger partial charge in [-0.25, -0.2) is 19.3 Å². The van der Waals surface area contributed by atoms with Crippen LogP contribution in [0.3, 0.4) is 0 Å². The Hall–Kier alpha value is -5.22. The lowest BCUT2D eigenvalue weighted by molar-refractivity contribution is 0.0735. The Morgan fingerprint density at radius 2 is 1.46 bits per heavy atom. The molecule has 0 radical (unpaired) electrons. The van der Waals surface area contributed by atoms with Gasteiger partial charge in [-0.05, 0) is 72.8 Å². The second-order valence-electron chi connectivity index (χ2n) is 9.57. The number of amides is 2. The van der Waals surface area contributed by atoms with Crippen molar-refractivity contribution < 1.29 is 14.0 Å². The lowest BCUT2D eigenvalue weighted by Crippen LogP contribution is -2.46. The number of hydrogen-bond acceptors (Lipinski definition) is 7. The molecule has 41 heavy (non-hydrogen) atoms. The molecule has 0 atom stereocenters. The van der Waals surface area contributed by atoms with Crippen LogP contribution in [0.2, 0.25) is 0 Å². The van der Waals surface area contributed by atoms with E-state index in [4.69, 9.17) is 4.98 Å². The third-order valence-electron chi connectivity index (χ3n) is 6.83. The highest BCUT2D eigenvalue weighted by Crippen LogP contribution is 2.26. The van der Waals surface area contributed by atoms with E-state index in [0.717, 1.165) is 24.3 Å². The maximum Gasteiger partial charge on any atom is 0.255 e. The summed E-state index contributed by atoms with van der Waals surface area (Å²) in [6.45, 7) is 3.02. The largest absolute Gasteiger partial charge is 0.338 e. The summed E-state index contributed by atoms with van der Waals surface area (Å²) in [5, 5.41) is 9.27. The predicted molar refractivity (Wildman–Crippen MR) is 156 cm³/mol. The average Bonchev–Trinajstić information content (AvgIpc) is 3.02. The first-order chi connectivity index (χ1) is 20.0. The van der Waals surface area contributed by atoms with Crippen molar-refractivity contribution >= 4 is 40.0 Å². The van der Waals surface area contributed by atoms with Crippen molar-refractivity contribution in [3.8, 4) is 11.3 Å². The number of carbonyl (C=O) groups excluding carboxylic acids is 2. The normalized spacial score (nSPS) is 13.1. The van der Waals surface area contributed by atoms with Crippen LogP contribution in [0.25, 0.3) is 22.3 Å². The fourth-order valence-corrected chi connectivity index (χ4v) is 4.60. The van der Waals surface area contributed by atoms with E-state index in [9.17, 15) is 14.0 Å². The summed E-state index contributed by atoms with van der Waals surface area (Å²) >= 11 is 0. The summed E-state index contributed by atoms with van der Waals surface area (Å²) in [5.41, 5.74) is 5.18. The molecule has 10 heteroatoms. The van der Waals surface area contributed by atoms with Crippen molar-refractivity contribution in [2.75, 3.05) is 36.8 Å². The predicted octanol–water partition coefficient (Wildman–Crippen LogP) is 4.87. The van der Waals surface area contributed by atoms with Crippen LogP contribution in [0.1, 0.15) is 20.7 Å². The molecule has 1 aliphatic heterocycles. The Morgan fingerprint density at radius 3 is 2.20 bits per heavy atom. The number of hydrogen-bond donors (Lipinski definition) is 3. The zero-order valence-corrected chi connectivity index (χ0v) is 22.0. The van der Waals surface area contributed by atoms with E-state index >= 15 is 0 Å². The van der Waals surface area contributed by atoms with Gasteiger partial charge >= 0.3 is 0 Å². The summed E-state index contributed by atoms with van der Waals surface area (Å²) in [5.74, 6) is -0.120. The number of benzene rings is 3. The molecular weight excluding hydrogens is 521 g/mol. The lowest BCUT2D eigenvalue weighted by Gasteiger charge is -2.27. The molecule has 9 nitrogen and oxygen atoms in total. The number of fused-ring (bicyclic) bond motifs is 1. The minimum absolute atomic E-state index is 0.0309. The van der Waals surface area contributed by atoms with Crippen molar-refractivity contribution in [1.82, 2.24) is 25.2 Å². The quantitative estimate of drug-likeness (QED) is 0.278. The van der Waals surface area contributed by atoms with E-state index in [1.165, 1.54) is 30.6 Å². The SMILES string of the molecule is O=C(Nc1ccc(F)cc1)c1ccc(Nc2ncnc3ccc(-c4ccc(C(=O)N5CCNCC5)cc4)nc23)cc1. The first-order valence-corrected chi connectivity index (χ1v) is 13.2. The van der Waals surface area contributed by atoms with Crippen LogP contribution in [0.4, 0.5) is 21.6 Å². The molecule has 204 valence electrons. The van der Waals surface area contributed by atoms with E-state index in [0.29, 0.717) is 52.4 Å². The Kier molecular flexibility index (Phi) is 7.29. The summed E-state index contributed by atoms with van der Waals surface area (Å²) in [7, 11) is 0. The topological polar surface area (TPSA) is 112 Å². The Bertz CT molecular complexity index is 1700. The molecule has 2 amide bonds. The Morgan fingerprint density at radius 1 is 0.780 bits per heavy atom. The second kappa shape index (κ2) is 11.5. The molecule has 0 spiro atoms. The highest BCUT2D eigenvalue weighted by Gasteiger charge is 2.18. The number of aromatic nitrogens is 3. The van der Waals surface area contributed by atoms with Crippen LogP contribution in [0.15, 0.2) is 91.3 Å². The third-order valence-corrected chi connectivity index (χ3v) is 6.83. The lowest BCUT2D eigenvalue weighted by atomic mass is 10.1. The van der Waals surface area contributed by atoms with Gasteiger partial charge in [-0.2, -0.15) is 0 Å². The van der Waals surface area contributed by atoms with Gasteiger partial charge in [0.15, 0.2) is 5.82 Å². The molecule has 0 aliphatic carbocycles. The number of nitrogens with zero attached hydrogens (tertiary/aromatic N) is 4. The molecular formula is C31H26FN7O2. The highest BCUT2D eigenvalue weighted by atomic mass is 19.1. The number of rotatable bonds is 6. The summed E-state index contributed by atoms with van der Waals surface area (Å²) < 4.78 is 13.1. The van der Waals surface area contributed by atoms with Gasteiger partial charge in [0.1, 0.15) is 17.7 Å². The van der Waals surface area contributed by atoms with Crippen molar-refractivity contribution in [3.63, 3.8) is 0 Å². The van der Waals surface area contributed by atoms with Crippen LogP contribution in [0, 0.1) is 5.82 Å². The second-order valence-corrected chi connectivity index (χ2v) is 9.57. The van der Waals surface area contributed by atoms with E-state index in [2.05, 4.69) is 25.9 Å². The molecule has 3 heterocycles. The van der Waals surface area contributed by atoms with E-state index in [-0.39, 0.29) is 17.6 Å². The fraction of sp³-hybridized carbons (Fsp3) is 0.129. The third kappa shape index (κ3) is 5.87. The average molecular weight is 548 g/mol. The smallest absolute Gasteiger partial charge is 0.255 e. The van der Waals surface area contributed by atoms with Gasteiger partial charge in [0.2, 0.25) is 0 Å². The molecule has 1 aliphatic rings. The van der Waals surface area contributed by atoms with E-state index in [1.807, 2.05) is 41.3 Å². The maximum atomic E-state index is 13.1. The van der Waals surface area contributed by atoms with E-state index < -0.39 is 0 Å². The van der Waals surface area contributed by atoms with Crippen molar-refractivity contribution in [2.24, 2.45) is 0 Å². The fourth-order valence-electron chi connectivity index (χ4n) is 4.60. The molecule has 1 fully saturated rings. The molecule has 3 aromatic carbocycles. The minimum Gasteiger partial charge on any atom is -0.338 e. The van der Waals surface area contributed by atoms with Crippen molar-refractivity contribution in [1.29, 1.82) is 0 Å². The molecule has 0 unspecified atom stereocenters. The van der Waals surface area contributed by atoms with Crippen LogP contribution >= 0.6 is 0 Å². The summed E-state index contributed by atoms with van der Waals surface area (Å²) in [6.07, 6.45) is 1.47. The molecule has 5 aromatic rings. The highest BCUT2D eigenvalue weighted by molar-refractivity contribution is 6.04. The number of nitrogens with one attached hydrogen (secondary N) is 3. The van der Waals surface area contributed by atoms with Gasteiger partial charge in [-0.3, -0.25) is 9.59 Å². The van der Waals surface area contributed by atoms with Crippen molar-refractivity contribution in [2.45, 2.75) is 0 Å². The number of halogens is 1. The monoisotopic (exact) mass is 547 g/mol. The first kappa shape index (κ1) is 26.0. The van der Waals surface area contributed by atoms with E-state index in [1.54, 1.807) is 24.3 Å². The zero-order chi connectivity index (χ0) is 28.2. The van der Waals surface area contributed by atoms with Gasteiger partial charge in [0.25, 0.3) is 11.8 Å². The number of carbonyl (C=O) groups is 2. The summed E-state index contributed by atoms with van der Waals surface area (Å²) in [4.78, 5) is 40.8. The Labute approximate surface area is 235 Å². The molecule has 1 saturated heterocycles. The van der Waals surface area contributed by atoms with Crippen LogP contribution in [-0.4, -0.2) is 57.8 Å². The van der Waals surface area contributed by atoms with Gasteiger partial charge in [0, 0.05) is 54.2 Å². The zero-order valence-electron chi connectivity index (χ0n) is 22.0. The standard InChI is InChI=1S/C31H26FN7O2/c32-23-7-11-25(12-8-23)37-30(40)21-5-9-24(10-6-21)36-29-28-27(34-19-35-29)14-13-26(38-28)20-1-3-22(4-2-20)31(41)39-17-15-33-16-18-39/h1-14,19,33H,15-18H2,(H,37,40)(H,34,35,36). The first-order valence-electron chi connectivity index (χ1n) is 13.2. The van der Waals surface area contributed by atoms with Crippen LogP contribution in [-0.2, 0) is 0 Å². The molecule has 2 aromatic heterocycles. The van der Waals surface area contributed by atoms with Gasteiger partial charge in [-0.1, -0.05) is 12.1 Å². The Balaban J connectivity index is 1.18. The number of anilines is 3. The van der Waals surface area contributed by atoms with Gasteiger partial charge in [0.05, 0.1) is 11.2 Å². The van der Waals surface area contributed by atoms with Crippen molar-refractivity contribution in [3.05, 3.63) is 108 Å². The number of pyridine rings is 1. The molecule has 3 N–H and O–H groups in total. The molecule has 0 bridgehead atoms. The van der Waals surface area contributed by atoms with Gasteiger partial charge in [-0.15, -0.1) is 0 Å². The summed E-state index contributed by atoms with van der Waals surface area (Å²) in [6, 6.07) is 23.7. The van der Waals surface area contributed by atoms with Crippen LogP contribution < -0.4 is 16.0 Å². The maximum absolute atomic E-state index is 13.1. The minimum atomic E-state index is -0.368. The van der Waals surface area contributed by atoms with Crippen LogP contribution in [0.5, 0.6) is 0 Å².